The number of nitrogens with zero attached hydrogens (tertiary/aromatic N) is 2. The van der Waals surface area contributed by atoms with Crippen LogP contribution >= 0.6 is 0 Å². The number of hydrogen-bond donors (Lipinski definition) is 1. The van der Waals surface area contributed by atoms with E-state index in [9.17, 15) is 0 Å². The Balaban J connectivity index is 2.40. The average molecular weight is 225 g/mol. The minimum Gasteiger partial charge on any atom is -0.329 e. The molecule has 3 nitrogen and oxygen atoms in total. The SMILES string of the molecule is NCCN=C(c1ccccc1)c1ccccn1. The fraction of sp³-hybridized carbons (Fsp3) is 0.143. The largest absolute Gasteiger partial charge is 0.329 e. The summed E-state index contributed by atoms with van der Waals surface area (Å²) in [6.45, 7) is 1.16. The van der Waals surface area contributed by atoms with E-state index in [1.54, 1.807) is 6.20 Å². The summed E-state index contributed by atoms with van der Waals surface area (Å²) in [5.74, 6) is 0. The first-order valence-corrected chi connectivity index (χ1v) is 5.63. The molecule has 17 heavy (non-hydrogen) atoms. The highest BCUT2D eigenvalue weighted by Gasteiger charge is 2.06. The summed E-state index contributed by atoms with van der Waals surface area (Å²) >= 11 is 0. The summed E-state index contributed by atoms with van der Waals surface area (Å²) in [6, 6.07) is 15.9. The number of aliphatic imine (C=N–C) groups is 1. The highest BCUT2D eigenvalue weighted by atomic mass is 14.8. The molecular formula is C14H15N3. The molecule has 0 unspecified atom stereocenters. The first-order valence-electron chi connectivity index (χ1n) is 5.63. The van der Waals surface area contributed by atoms with Gasteiger partial charge < -0.3 is 5.73 Å². The van der Waals surface area contributed by atoms with E-state index in [1.807, 2.05) is 48.5 Å². The van der Waals surface area contributed by atoms with E-state index < -0.39 is 0 Å². The van der Waals surface area contributed by atoms with E-state index in [4.69, 9.17) is 5.73 Å². The zero-order chi connectivity index (χ0) is 11.9. The van der Waals surface area contributed by atoms with E-state index in [0.717, 1.165) is 17.0 Å². The van der Waals surface area contributed by atoms with E-state index in [1.165, 1.54) is 0 Å². The van der Waals surface area contributed by atoms with Gasteiger partial charge in [-0.25, -0.2) is 0 Å². The van der Waals surface area contributed by atoms with Gasteiger partial charge in [-0.1, -0.05) is 36.4 Å². The Hall–Kier alpha value is -2.00. The van der Waals surface area contributed by atoms with E-state index in [0.29, 0.717) is 13.1 Å². The number of nitrogens with two attached hydrogens (primary N) is 1. The molecule has 1 heterocycles. The molecule has 0 atom stereocenters. The predicted octanol–water partition coefficient (Wildman–Crippen LogP) is 1.88. The molecule has 1 aromatic carbocycles. The maximum atomic E-state index is 5.51. The molecule has 0 fully saturated rings. The molecule has 0 radical (unpaired) electrons. The lowest BCUT2D eigenvalue weighted by Crippen LogP contribution is -2.10. The van der Waals surface area contributed by atoms with Gasteiger partial charge in [0.25, 0.3) is 0 Å². The summed E-state index contributed by atoms with van der Waals surface area (Å²) in [7, 11) is 0. The van der Waals surface area contributed by atoms with Crippen molar-refractivity contribution in [3.8, 4) is 0 Å². The fourth-order valence-corrected chi connectivity index (χ4v) is 1.60. The van der Waals surface area contributed by atoms with E-state index in [-0.39, 0.29) is 0 Å². The van der Waals surface area contributed by atoms with Gasteiger partial charge in [0.05, 0.1) is 18.0 Å². The molecule has 0 spiro atoms. The van der Waals surface area contributed by atoms with Crippen LogP contribution in [0.15, 0.2) is 59.7 Å². The predicted molar refractivity (Wildman–Crippen MR) is 70.2 cm³/mol. The molecule has 0 saturated heterocycles. The van der Waals surface area contributed by atoms with Crippen molar-refractivity contribution in [2.75, 3.05) is 13.1 Å². The minimum absolute atomic E-state index is 0.545. The normalized spacial score (nSPS) is 11.5. The number of benzene rings is 1. The van der Waals surface area contributed by atoms with Gasteiger partial charge in [-0.15, -0.1) is 0 Å². The molecule has 0 bridgehead atoms. The number of aromatic nitrogens is 1. The molecular weight excluding hydrogens is 210 g/mol. The van der Waals surface area contributed by atoms with Crippen LogP contribution in [0.5, 0.6) is 0 Å². The Kier molecular flexibility index (Phi) is 4.00. The van der Waals surface area contributed by atoms with Crippen molar-refractivity contribution >= 4 is 5.71 Å². The molecule has 2 aromatic rings. The van der Waals surface area contributed by atoms with Crippen molar-refractivity contribution in [3.05, 3.63) is 66.0 Å². The van der Waals surface area contributed by atoms with Crippen LogP contribution in [0.1, 0.15) is 11.3 Å². The highest BCUT2D eigenvalue weighted by Crippen LogP contribution is 2.08. The molecule has 86 valence electrons. The Morgan fingerprint density at radius 2 is 1.82 bits per heavy atom. The smallest absolute Gasteiger partial charge is 0.0903 e. The van der Waals surface area contributed by atoms with Crippen LogP contribution in [0.3, 0.4) is 0 Å². The molecule has 0 saturated carbocycles. The first kappa shape index (κ1) is 11.5. The Morgan fingerprint density at radius 1 is 1.06 bits per heavy atom. The molecule has 2 N–H and O–H groups in total. The topological polar surface area (TPSA) is 51.3 Å². The second-order valence-corrected chi connectivity index (χ2v) is 3.60. The average Bonchev–Trinajstić information content (AvgIpc) is 2.42. The van der Waals surface area contributed by atoms with E-state index in [2.05, 4.69) is 9.98 Å². The third-order valence-electron chi connectivity index (χ3n) is 2.35. The van der Waals surface area contributed by atoms with Crippen LogP contribution < -0.4 is 5.73 Å². The third-order valence-corrected chi connectivity index (χ3v) is 2.35. The van der Waals surface area contributed by atoms with Gasteiger partial charge in [0.15, 0.2) is 0 Å². The number of hydrogen-bond acceptors (Lipinski definition) is 3. The molecule has 0 aliphatic rings. The molecule has 1 aromatic heterocycles. The van der Waals surface area contributed by atoms with Gasteiger partial charge in [-0.2, -0.15) is 0 Å². The number of pyridine rings is 1. The van der Waals surface area contributed by atoms with Crippen molar-refractivity contribution in [1.82, 2.24) is 4.98 Å². The van der Waals surface area contributed by atoms with Gasteiger partial charge >= 0.3 is 0 Å². The maximum Gasteiger partial charge on any atom is 0.0903 e. The highest BCUT2D eigenvalue weighted by molar-refractivity contribution is 6.11. The van der Waals surface area contributed by atoms with Crippen LogP contribution in [0.25, 0.3) is 0 Å². The van der Waals surface area contributed by atoms with Crippen molar-refractivity contribution in [1.29, 1.82) is 0 Å². The van der Waals surface area contributed by atoms with Crippen LogP contribution in [0.2, 0.25) is 0 Å². The zero-order valence-corrected chi connectivity index (χ0v) is 9.58. The van der Waals surface area contributed by atoms with Gasteiger partial charge in [0.2, 0.25) is 0 Å². The zero-order valence-electron chi connectivity index (χ0n) is 9.58. The number of rotatable bonds is 4. The van der Waals surface area contributed by atoms with Crippen molar-refractivity contribution < 1.29 is 0 Å². The third kappa shape index (κ3) is 2.98. The summed E-state index contributed by atoms with van der Waals surface area (Å²) in [5, 5.41) is 0. The lowest BCUT2D eigenvalue weighted by molar-refractivity contribution is 0.974. The second-order valence-electron chi connectivity index (χ2n) is 3.60. The lowest BCUT2D eigenvalue weighted by atomic mass is 10.1. The van der Waals surface area contributed by atoms with Crippen LogP contribution in [-0.2, 0) is 0 Å². The summed E-state index contributed by atoms with van der Waals surface area (Å²) in [5.41, 5.74) is 8.36. The monoisotopic (exact) mass is 225 g/mol. The Morgan fingerprint density at radius 3 is 2.47 bits per heavy atom. The van der Waals surface area contributed by atoms with Gasteiger partial charge in [-0.05, 0) is 12.1 Å². The summed E-state index contributed by atoms with van der Waals surface area (Å²) in [4.78, 5) is 8.85. The fourth-order valence-electron chi connectivity index (χ4n) is 1.60. The molecule has 0 aliphatic carbocycles. The van der Waals surface area contributed by atoms with Crippen molar-refractivity contribution in [2.24, 2.45) is 10.7 Å². The molecule has 0 amide bonds. The first-order chi connectivity index (χ1) is 8.42. The van der Waals surface area contributed by atoms with Gasteiger partial charge in [0.1, 0.15) is 0 Å². The van der Waals surface area contributed by atoms with Crippen LogP contribution in [-0.4, -0.2) is 23.8 Å². The molecule has 3 heteroatoms. The standard InChI is InChI=1S/C14H15N3/c15-9-11-17-14(12-6-2-1-3-7-12)13-8-4-5-10-16-13/h1-8,10H,9,11,15H2. The second kappa shape index (κ2) is 5.92. The van der Waals surface area contributed by atoms with Crippen LogP contribution in [0.4, 0.5) is 0 Å². The Labute approximate surface area is 101 Å². The minimum atomic E-state index is 0.545. The van der Waals surface area contributed by atoms with Gasteiger partial charge in [-0.3, -0.25) is 9.98 Å². The summed E-state index contributed by atoms with van der Waals surface area (Å²) < 4.78 is 0. The Bertz CT molecular complexity index is 436. The van der Waals surface area contributed by atoms with E-state index >= 15 is 0 Å². The lowest BCUT2D eigenvalue weighted by Gasteiger charge is -2.05. The van der Waals surface area contributed by atoms with Crippen molar-refractivity contribution in [3.63, 3.8) is 0 Å². The summed E-state index contributed by atoms with van der Waals surface area (Å²) in [6.07, 6.45) is 1.77. The van der Waals surface area contributed by atoms with Gasteiger partial charge in [0, 0.05) is 18.3 Å². The van der Waals surface area contributed by atoms with Crippen LogP contribution in [0, 0.1) is 0 Å². The van der Waals surface area contributed by atoms with Crippen molar-refractivity contribution in [2.45, 2.75) is 0 Å². The quantitative estimate of drug-likeness (QED) is 0.808. The molecule has 2 rings (SSSR count). The molecule has 0 aliphatic heterocycles. The maximum absolute atomic E-state index is 5.51.